The Labute approximate surface area is 175 Å². The minimum absolute atomic E-state index is 0.173. The highest BCUT2D eigenvalue weighted by molar-refractivity contribution is 6.32. The second-order valence-electron chi connectivity index (χ2n) is 7.36. The van der Waals surface area contributed by atoms with E-state index in [0.717, 1.165) is 36.8 Å². The van der Waals surface area contributed by atoms with Gasteiger partial charge in [-0.2, -0.15) is 0 Å². The summed E-state index contributed by atoms with van der Waals surface area (Å²) in [7, 11) is 1.44. The maximum Gasteiger partial charge on any atom is 0.255 e. The highest BCUT2D eigenvalue weighted by Crippen LogP contribution is 2.40. The Hall–Kier alpha value is -2.73. The molecule has 0 bridgehead atoms. The molecule has 0 atom stereocenters. The molecule has 0 unspecified atom stereocenters. The van der Waals surface area contributed by atoms with Crippen LogP contribution < -0.4 is 20.5 Å². The van der Waals surface area contributed by atoms with Gasteiger partial charge >= 0.3 is 0 Å². The summed E-state index contributed by atoms with van der Waals surface area (Å²) in [6.07, 6.45) is 3.87. The van der Waals surface area contributed by atoms with Crippen LogP contribution in [0.25, 0.3) is 0 Å². The minimum Gasteiger partial charge on any atom is -0.493 e. The molecule has 3 N–H and O–H groups in total. The monoisotopic (exact) mass is 416 g/mol. The predicted octanol–water partition coefficient (Wildman–Crippen LogP) is 3.72. The number of nitrogens with two attached hydrogens (primary N) is 1. The van der Waals surface area contributed by atoms with E-state index in [1.165, 1.54) is 13.2 Å². The number of ether oxygens (including phenoxy) is 2. The second kappa shape index (κ2) is 8.74. The number of carbonyl (C=O) groups excluding carboxylic acids is 2. The number of amides is 2. The van der Waals surface area contributed by atoms with Crippen LogP contribution in [0.4, 0.5) is 0 Å². The van der Waals surface area contributed by atoms with Crippen molar-refractivity contribution in [2.45, 2.75) is 38.1 Å². The summed E-state index contributed by atoms with van der Waals surface area (Å²) >= 11 is 6.29. The first-order valence-corrected chi connectivity index (χ1v) is 9.91. The molecule has 2 aromatic carbocycles. The minimum atomic E-state index is -0.633. The third kappa shape index (κ3) is 4.65. The lowest BCUT2D eigenvalue weighted by Crippen LogP contribution is -2.43. The number of halogens is 1. The van der Waals surface area contributed by atoms with Crippen molar-refractivity contribution in [2.24, 2.45) is 5.73 Å². The largest absolute Gasteiger partial charge is 0.493 e. The molecule has 1 saturated carbocycles. The summed E-state index contributed by atoms with van der Waals surface area (Å²) in [5.74, 6) is -0.431. The summed E-state index contributed by atoms with van der Waals surface area (Å²) in [6, 6.07) is 11.3. The van der Waals surface area contributed by atoms with Crippen molar-refractivity contribution in [3.05, 3.63) is 58.1 Å². The first-order chi connectivity index (χ1) is 13.8. The van der Waals surface area contributed by atoms with Gasteiger partial charge in [-0.05, 0) is 37.5 Å². The molecule has 1 aliphatic rings. The number of aryl methyl sites for hydroxylation is 1. The molecule has 1 aliphatic carbocycles. The third-order valence-electron chi connectivity index (χ3n) is 5.23. The quantitative estimate of drug-likeness (QED) is 0.719. The Kier molecular flexibility index (Phi) is 6.33. The molecular weight excluding hydrogens is 392 g/mol. The Morgan fingerprint density at radius 2 is 1.93 bits per heavy atom. The second-order valence-corrected chi connectivity index (χ2v) is 7.76. The lowest BCUT2D eigenvalue weighted by Gasteiger charge is -2.31. The van der Waals surface area contributed by atoms with E-state index in [0.29, 0.717) is 5.56 Å². The molecule has 29 heavy (non-hydrogen) atoms. The van der Waals surface area contributed by atoms with Gasteiger partial charge in [0, 0.05) is 5.56 Å². The van der Waals surface area contributed by atoms with Crippen molar-refractivity contribution >= 4 is 23.4 Å². The van der Waals surface area contributed by atoms with Crippen LogP contribution in [-0.4, -0.2) is 25.5 Å². The summed E-state index contributed by atoms with van der Waals surface area (Å²) in [5.41, 5.74) is 7.35. The Morgan fingerprint density at radius 3 is 2.55 bits per heavy atom. The zero-order valence-corrected chi connectivity index (χ0v) is 17.3. The van der Waals surface area contributed by atoms with Crippen LogP contribution in [0.15, 0.2) is 36.4 Å². The number of primary amides is 1. The average molecular weight is 417 g/mol. The van der Waals surface area contributed by atoms with Gasteiger partial charge in [-0.15, -0.1) is 0 Å². The highest BCUT2D eigenvalue weighted by atomic mass is 35.5. The van der Waals surface area contributed by atoms with Crippen molar-refractivity contribution < 1.29 is 19.1 Å². The van der Waals surface area contributed by atoms with Crippen LogP contribution in [0.5, 0.6) is 11.5 Å². The van der Waals surface area contributed by atoms with Gasteiger partial charge < -0.3 is 20.5 Å². The Balaban J connectivity index is 1.89. The molecule has 0 spiro atoms. The maximum atomic E-state index is 13.1. The molecule has 7 heteroatoms. The van der Waals surface area contributed by atoms with E-state index in [1.54, 1.807) is 6.07 Å². The molecule has 6 nitrogen and oxygen atoms in total. The van der Waals surface area contributed by atoms with E-state index in [4.69, 9.17) is 26.8 Å². The van der Waals surface area contributed by atoms with Crippen molar-refractivity contribution in [1.82, 2.24) is 5.32 Å². The Morgan fingerprint density at radius 1 is 1.21 bits per heavy atom. The summed E-state index contributed by atoms with van der Waals surface area (Å²) in [5, 5.41) is 3.41. The van der Waals surface area contributed by atoms with Crippen molar-refractivity contribution in [1.29, 1.82) is 0 Å². The van der Waals surface area contributed by atoms with Gasteiger partial charge in [0.1, 0.15) is 0 Å². The molecule has 0 saturated heterocycles. The van der Waals surface area contributed by atoms with Gasteiger partial charge in [-0.3, -0.25) is 9.59 Å². The van der Waals surface area contributed by atoms with Gasteiger partial charge in [0.05, 0.1) is 17.7 Å². The normalized spacial score (nSPS) is 15.0. The van der Waals surface area contributed by atoms with Crippen molar-refractivity contribution in [3.8, 4) is 11.5 Å². The van der Waals surface area contributed by atoms with E-state index in [9.17, 15) is 9.59 Å². The van der Waals surface area contributed by atoms with E-state index >= 15 is 0 Å². The van der Waals surface area contributed by atoms with E-state index < -0.39 is 11.4 Å². The molecule has 0 radical (unpaired) electrons. The number of carbonyl (C=O) groups is 2. The smallest absolute Gasteiger partial charge is 0.255 e. The average Bonchev–Trinajstić information content (AvgIpc) is 3.16. The predicted molar refractivity (Wildman–Crippen MR) is 111 cm³/mol. The first kappa shape index (κ1) is 21.0. The fourth-order valence-electron chi connectivity index (χ4n) is 3.83. The summed E-state index contributed by atoms with van der Waals surface area (Å²) < 4.78 is 10.6. The summed E-state index contributed by atoms with van der Waals surface area (Å²) in [4.78, 5) is 24.1. The molecule has 154 valence electrons. The van der Waals surface area contributed by atoms with Crippen LogP contribution in [0.1, 0.15) is 47.2 Å². The number of rotatable bonds is 7. The number of nitrogens with one attached hydrogen (secondary N) is 1. The van der Waals surface area contributed by atoms with Crippen LogP contribution >= 0.6 is 11.6 Å². The lowest BCUT2D eigenvalue weighted by molar-refractivity contribution is -0.119. The van der Waals surface area contributed by atoms with Gasteiger partial charge in [-0.25, -0.2) is 0 Å². The molecule has 1 fully saturated rings. The van der Waals surface area contributed by atoms with Crippen LogP contribution in [-0.2, 0) is 10.3 Å². The van der Waals surface area contributed by atoms with Gasteiger partial charge in [0.15, 0.2) is 18.1 Å². The van der Waals surface area contributed by atoms with Gasteiger partial charge in [-0.1, -0.05) is 54.3 Å². The SMILES string of the molecule is COc1cc(C(=O)NC2(c3cccc(C)c3)CCCC2)cc(Cl)c1OCC(N)=O. The summed E-state index contributed by atoms with van der Waals surface area (Å²) in [6.45, 7) is 1.71. The van der Waals surface area contributed by atoms with Crippen LogP contribution in [0, 0.1) is 6.92 Å². The maximum absolute atomic E-state index is 13.1. The zero-order chi connectivity index (χ0) is 21.0. The fraction of sp³-hybridized carbons (Fsp3) is 0.364. The van der Waals surface area contributed by atoms with Crippen molar-refractivity contribution in [2.75, 3.05) is 13.7 Å². The Bertz CT molecular complexity index is 923. The topological polar surface area (TPSA) is 90.7 Å². The van der Waals surface area contributed by atoms with Gasteiger partial charge in [0.2, 0.25) is 0 Å². The fourth-order valence-corrected chi connectivity index (χ4v) is 4.10. The lowest BCUT2D eigenvalue weighted by atomic mass is 9.87. The first-order valence-electron chi connectivity index (χ1n) is 9.53. The number of benzene rings is 2. The molecule has 2 amide bonds. The number of hydrogen-bond donors (Lipinski definition) is 2. The highest BCUT2D eigenvalue weighted by Gasteiger charge is 2.37. The number of hydrogen-bond acceptors (Lipinski definition) is 4. The molecule has 2 aromatic rings. The molecule has 0 aliphatic heterocycles. The van der Waals surface area contributed by atoms with Crippen molar-refractivity contribution in [3.63, 3.8) is 0 Å². The molecule has 3 rings (SSSR count). The third-order valence-corrected chi connectivity index (χ3v) is 5.51. The standard InChI is InChI=1S/C22H25ClN2O4/c1-14-6-5-7-16(10-14)22(8-3-4-9-22)25-21(27)15-11-17(23)20(18(12-15)28-2)29-13-19(24)26/h5-7,10-12H,3-4,8-9,13H2,1-2H3,(H2,24,26)(H,25,27). The van der Waals surface area contributed by atoms with Gasteiger partial charge in [0.25, 0.3) is 11.8 Å². The zero-order valence-electron chi connectivity index (χ0n) is 16.6. The number of methoxy groups -OCH3 is 1. The molecular formula is C22H25ClN2O4. The molecule has 0 aromatic heterocycles. The van der Waals surface area contributed by atoms with Crippen LogP contribution in [0.2, 0.25) is 5.02 Å². The van der Waals surface area contributed by atoms with E-state index in [-0.39, 0.29) is 29.0 Å². The van der Waals surface area contributed by atoms with E-state index in [2.05, 4.69) is 17.4 Å². The van der Waals surface area contributed by atoms with E-state index in [1.807, 2.05) is 19.1 Å². The molecule has 0 heterocycles. The van der Waals surface area contributed by atoms with Crippen LogP contribution in [0.3, 0.4) is 0 Å².